The van der Waals surface area contributed by atoms with E-state index in [1.165, 1.54) is 18.4 Å². The maximum atomic E-state index is 12.3. The molecule has 1 heterocycles. The maximum absolute atomic E-state index is 12.3. The van der Waals surface area contributed by atoms with Crippen LogP contribution in [0.2, 0.25) is 0 Å². The van der Waals surface area contributed by atoms with Crippen molar-refractivity contribution in [2.24, 2.45) is 0 Å². The Bertz CT molecular complexity index is 831. The number of hydrogen-bond donors (Lipinski definition) is 1. The summed E-state index contributed by atoms with van der Waals surface area (Å²) in [5.74, 6) is -0.0282. The molecule has 2 aromatic carbocycles. The molecule has 0 saturated heterocycles. The lowest BCUT2D eigenvalue weighted by molar-refractivity contribution is -0.115. The standard InChI is InChI=1S/C21H23NO2/c1-3-4-5-16-7-9-18(10-8-16)22-21(23)13-17-14-24-20-12-15(2)6-11-19(17)20/h6-12,14H,3-5,13H2,1-2H3,(H,22,23). The Labute approximate surface area is 142 Å². The van der Waals surface area contributed by atoms with Gasteiger partial charge in [-0.3, -0.25) is 4.79 Å². The fourth-order valence-electron chi connectivity index (χ4n) is 2.84. The summed E-state index contributed by atoms with van der Waals surface area (Å²) < 4.78 is 5.55. The summed E-state index contributed by atoms with van der Waals surface area (Å²) in [6.45, 7) is 4.22. The highest BCUT2D eigenvalue weighted by atomic mass is 16.3. The summed E-state index contributed by atoms with van der Waals surface area (Å²) in [6, 6.07) is 14.2. The number of amides is 1. The fraction of sp³-hybridized carbons (Fsp3) is 0.286. The number of furan rings is 1. The SMILES string of the molecule is CCCCc1ccc(NC(=O)Cc2coc3cc(C)ccc23)cc1. The van der Waals surface area contributed by atoms with Crippen LogP contribution in [0.3, 0.4) is 0 Å². The lowest BCUT2D eigenvalue weighted by Gasteiger charge is -2.06. The quantitative estimate of drug-likeness (QED) is 0.672. The van der Waals surface area contributed by atoms with Crippen LogP contribution in [0.15, 0.2) is 53.1 Å². The minimum absolute atomic E-state index is 0.0282. The molecule has 0 spiro atoms. The van der Waals surface area contributed by atoms with Gasteiger partial charge in [0.1, 0.15) is 5.58 Å². The number of nitrogens with one attached hydrogen (secondary N) is 1. The molecule has 24 heavy (non-hydrogen) atoms. The molecule has 3 aromatic rings. The third-order valence-electron chi connectivity index (χ3n) is 4.22. The number of carbonyl (C=O) groups excluding carboxylic acids is 1. The van der Waals surface area contributed by atoms with Gasteiger partial charge >= 0.3 is 0 Å². The van der Waals surface area contributed by atoms with Gasteiger partial charge < -0.3 is 9.73 Å². The number of unbranched alkanes of at least 4 members (excludes halogenated alkanes) is 1. The van der Waals surface area contributed by atoms with Crippen LogP contribution >= 0.6 is 0 Å². The molecule has 1 amide bonds. The third-order valence-corrected chi connectivity index (χ3v) is 4.22. The molecule has 0 fully saturated rings. The van der Waals surface area contributed by atoms with E-state index in [0.717, 1.165) is 34.2 Å². The molecule has 3 nitrogen and oxygen atoms in total. The van der Waals surface area contributed by atoms with Crippen molar-refractivity contribution in [2.45, 2.75) is 39.5 Å². The maximum Gasteiger partial charge on any atom is 0.228 e. The summed E-state index contributed by atoms with van der Waals surface area (Å²) in [5, 5.41) is 3.96. The first-order valence-electron chi connectivity index (χ1n) is 8.51. The minimum Gasteiger partial charge on any atom is -0.464 e. The van der Waals surface area contributed by atoms with Crippen molar-refractivity contribution in [2.75, 3.05) is 5.32 Å². The zero-order valence-electron chi connectivity index (χ0n) is 14.3. The molecule has 0 aliphatic rings. The molecule has 0 radical (unpaired) electrons. The Hall–Kier alpha value is -2.55. The lowest BCUT2D eigenvalue weighted by Crippen LogP contribution is -2.14. The highest BCUT2D eigenvalue weighted by molar-refractivity contribution is 5.95. The third kappa shape index (κ3) is 3.85. The van der Waals surface area contributed by atoms with Crippen molar-refractivity contribution in [1.82, 2.24) is 0 Å². The molecule has 0 atom stereocenters. The van der Waals surface area contributed by atoms with Crippen LogP contribution in [0.5, 0.6) is 0 Å². The van der Waals surface area contributed by atoms with Gasteiger partial charge in [0.05, 0.1) is 12.7 Å². The zero-order valence-corrected chi connectivity index (χ0v) is 14.3. The van der Waals surface area contributed by atoms with Crippen LogP contribution in [-0.4, -0.2) is 5.91 Å². The second kappa shape index (κ2) is 7.35. The van der Waals surface area contributed by atoms with E-state index in [1.54, 1.807) is 6.26 Å². The summed E-state index contributed by atoms with van der Waals surface area (Å²) >= 11 is 0. The van der Waals surface area contributed by atoms with Gasteiger partial charge in [-0.2, -0.15) is 0 Å². The van der Waals surface area contributed by atoms with Gasteiger partial charge in [-0.1, -0.05) is 37.6 Å². The Morgan fingerprint density at radius 2 is 1.92 bits per heavy atom. The first kappa shape index (κ1) is 16.3. The van der Waals surface area contributed by atoms with E-state index in [2.05, 4.69) is 24.4 Å². The lowest BCUT2D eigenvalue weighted by atomic mass is 10.1. The summed E-state index contributed by atoms with van der Waals surface area (Å²) in [6.07, 6.45) is 5.46. The first-order chi connectivity index (χ1) is 11.7. The van der Waals surface area contributed by atoms with Crippen molar-refractivity contribution in [3.05, 3.63) is 65.4 Å². The van der Waals surface area contributed by atoms with E-state index in [4.69, 9.17) is 4.42 Å². The van der Waals surface area contributed by atoms with Crippen molar-refractivity contribution in [1.29, 1.82) is 0 Å². The van der Waals surface area contributed by atoms with E-state index in [1.807, 2.05) is 37.3 Å². The molecule has 0 unspecified atom stereocenters. The molecular formula is C21H23NO2. The molecule has 0 bridgehead atoms. The average molecular weight is 321 g/mol. The van der Waals surface area contributed by atoms with E-state index in [9.17, 15) is 4.79 Å². The van der Waals surface area contributed by atoms with Crippen molar-refractivity contribution < 1.29 is 9.21 Å². The molecule has 0 aliphatic carbocycles. The number of fused-ring (bicyclic) bond motifs is 1. The predicted molar refractivity (Wildman–Crippen MR) is 98.3 cm³/mol. The molecule has 1 aromatic heterocycles. The molecule has 0 saturated carbocycles. The molecule has 0 aliphatic heterocycles. The van der Waals surface area contributed by atoms with E-state index in [0.29, 0.717) is 6.42 Å². The predicted octanol–water partition coefficient (Wildman–Crippen LogP) is 5.27. The second-order valence-electron chi connectivity index (χ2n) is 6.29. The van der Waals surface area contributed by atoms with Crippen LogP contribution in [0.4, 0.5) is 5.69 Å². The van der Waals surface area contributed by atoms with Crippen LogP contribution in [-0.2, 0) is 17.6 Å². The van der Waals surface area contributed by atoms with Crippen molar-refractivity contribution in [3.8, 4) is 0 Å². The van der Waals surface area contributed by atoms with Gasteiger partial charge in [0, 0.05) is 16.6 Å². The molecule has 1 N–H and O–H groups in total. The van der Waals surface area contributed by atoms with E-state index >= 15 is 0 Å². The van der Waals surface area contributed by atoms with Gasteiger partial charge in [0.2, 0.25) is 5.91 Å². The van der Waals surface area contributed by atoms with Crippen LogP contribution in [0, 0.1) is 6.92 Å². The second-order valence-corrected chi connectivity index (χ2v) is 6.29. The summed E-state index contributed by atoms with van der Waals surface area (Å²) in [7, 11) is 0. The van der Waals surface area contributed by atoms with E-state index < -0.39 is 0 Å². The van der Waals surface area contributed by atoms with Crippen LogP contribution in [0.1, 0.15) is 36.5 Å². The van der Waals surface area contributed by atoms with Gasteiger partial charge in [0.25, 0.3) is 0 Å². The van der Waals surface area contributed by atoms with Crippen LogP contribution in [0.25, 0.3) is 11.0 Å². The molecule has 3 heteroatoms. The zero-order chi connectivity index (χ0) is 16.9. The van der Waals surface area contributed by atoms with Crippen LogP contribution < -0.4 is 5.32 Å². The summed E-state index contributed by atoms with van der Waals surface area (Å²) in [5.41, 5.74) is 5.05. The Balaban J connectivity index is 1.64. The number of hydrogen-bond acceptors (Lipinski definition) is 2. The van der Waals surface area contributed by atoms with Crippen molar-refractivity contribution >= 4 is 22.6 Å². The monoisotopic (exact) mass is 321 g/mol. The topological polar surface area (TPSA) is 42.2 Å². The largest absolute Gasteiger partial charge is 0.464 e. The number of anilines is 1. The van der Waals surface area contributed by atoms with Crippen molar-refractivity contribution in [3.63, 3.8) is 0 Å². The van der Waals surface area contributed by atoms with Gasteiger partial charge in [-0.15, -0.1) is 0 Å². The molecular weight excluding hydrogens is 298 g/mol. The highest BCUT2D eigenvalue weighted by Gasteiger charge is 2.11. The number of benzene rings is 2. The summed E-state index contributed by atoms with van der Waals surface area (Å²) in [4.78, 5) is 12.3. The Morgan fingerprint density at radius 3 is 2.67 bits per heavy atom. The smallest absolute Gasteiger partial charge is 0.228 e. The first-order valence-corrected chi connectivity index (χ1v) is 8.51. The normalized spacial score (nSPS) is 10.9. The van der Waals surface area contributed by atoms with Gasteiger partial charge in [-0.25, -0.2) is 0 Å². The minimum atomic E-state index is -0.0282. The Morgan fingerprint density at radius 1 is 1.12 bits per heavy atom. The molecule has 3 rings (SSSR count). The Kier molecular flexibility index (Phi) is 4.99. The number of aryl methyl sites for hydroxylation is 2. The number of carbonyl (C=O) groups is 1. The fourth-order valence-corrected chi connectivity index (χ4v) is 2.84. The average Bonchev–Trinajstić information content (AvgIpc) is 2.96. The van der Waals surface area contributed by atoms with E-state index in [-0.39, 0.29) is 5.91 Å². The highest BCUT2D eigenvalue weighted by Crippen LogP contribution is 2.23. The van der Waals surface area contributed by atoms with Gasteiger partial charge in [0.15, 0.2) is 0 Å². The van der Waals surface area contributed by atoms with Gasteiger partial charge in [-0.05, 0) is 49.1 Å². The number of rotatable bonds is 6. The molecule has 124 valence electrons.